The second-order valence-electron chi connectivity index (χ2n) is 8.84. The van der Waals surface area contributed by atoms with E-state index in [-0.39, 0.29) is 18.0 Å². The fourth-order valence-electron chi connectivity index (χ4n) is 5.35. The Labute approximate surface area is 177 Å². The van der Waals surface area contributed by atoms with Crippen LogP contribution in [0.5, 0.6) is 0 Å². The molecule has 2 atom stereocenters. The first-order valence-electron chi connectivity index (χ1n) is 11.3. The Hall–Kier alpha value is -2.66. The molecule has 0 radical (unpaired) electrons. The van der Waals surface area contributed by atoms with Crippen LogP contribution in [0.1, 0.15) is 56.6 Å². The molecule has 3 aromatic rings. The van der Waals surface area contributed by atoms with Gasteiger partial charge in [-0.05, 0) is 55.4 Å². The number of H-pyrrole nitrogens is 1. The van der Waals surface area contributed by atoms with Crippen LogP contribution in [0, 0.1) is 5.92 Å². The van der Waals surface area contributed by atoms with E-state index in [1.807, 2.05) is 29.4 Å². The van der Waals surface area contributed by atoms with E-state index >= 15 is 0 Å². The quantitative estimate of drug-likeness (QED) is 0.658. The van der Waals surface area contributed by atoms with Crippen molar-refractivity contribution < 1.29 is 4.79 Å². The lowest BCUT2D eigenvalue weighted by Gasteiger charge is -2.32. The second kappa shape index (κ2) is 8.23. The van der Waals surface area contributed by atoms with Gasteiger partial charge in [0.25, 0.3) is 0 Å². The van der Waals surface area contributed by atoms with E-state index in [1.165, 1.54) is 24.6 Å². The van der Waals surface area contributed by atoms with Crippen LogP contribution in [-0.2, 0) is 4.79 Å². The molecular formula is C25H30N4O. The normalized spacial score (nSPS) is 21.2. The van der Waals surface area contributed by atoms with Crippen molar-refractivity contribution in [3.63, 3.8) is 0 Å². The van der Waals surface area contributed by atoms with E-state index in [9.17, 15) is 4.79 Å². The number of nitrogens with one attached hydrogen (secondary N) is 1. The van der Waals surface area contributed by atoms with E-state index in [0.717, 1.165) is 54.6 Å². The SMILES string of the molecule is N[C@H](C(=O)N1CCC[C@H]1c1ccnc(-c2c[nH]c3ccccc23)c1)C1CCCCC1. The van der Waals surface area contributed by atoms with Crippen molar-refractivity contribution in [1.82, 2.24) is 14.9 Å². The van der Waals surface area contributed by atoms with Gasteiger partial charge >= 0.3 is 0 Å². The van der Waals surface area contributed by atoms with E-state index in [4.69, 9.17) is 5.73 Å². The van der Waals surface area contributed by atoms with Gasteiger partial charge < -0.3 is 15.6 Å². The number of carbonyl (C=O) groups is 1. The maximum Gasteiger partial charge on any atom is 0.240 e. The highest BCUT2D eigenvalue weighted by atomic mass is 16.2. The molecule has 156 valence electrons. The summed E-state index contributed by atoms with van der Waals surface area (Å²) in [6.07, 6.45) is 11.8. The maximum atomic E-state index is 13.3. The predicted molar refractivity (Wildman–Crippen MR) is 120 cm³/mol. The number of rotatable bonds is 4. The fraction of sp³-hybridized carbons (Fsp3) is 0.440. The third-order valence-electron chi connectivity index (χ3n) is 7.01. The summed E-state index contributed by atoms with van der Waals surface area (Å²) in [6, 6.07) is 12.2. The fourth-order valence-corrected chi connectivity index (χ4v) is 5.35. The lowest BCUT2D eigenvalue weighted by Crippen LogP contribution is -2.48. The van der Waals surface area contributed by atoms with E-state index < -0.39 is 0 Å². The standard InChI is InChI=1S/C25H30N4O/c26-24(17-7-2-1-3-8-17)25(30)29-14-6-11-23(29)18-12-13-27-22(15-18)20-16-28-21-10-5-4-9-19(20)21/h4-5,9-10,12-13,15-17,23-24,28H,1-3,6-8,11,14,26H2/t23-,24-/m0/s1. The molecular weight excluding hydrogens is 372 g/mol. The molecule has 1 aliphatic heterocycles. The molecule has 0 unspecified atom stereocenters. The summed E-state index contributed by atoms with van der Waals surface area (Å²) in [5, 5.41) is 1.17. The minimum atomic E-state index is -0.360. The minimum Gasteiger partial charge on any atom is -0.360 e. The highest BCUT2D eigenvalue weighted by molar-refractivity contribution is 5.94. The average Bonchev–Trinajstić information content (AvgIpc) is 3.46. The Bertz CT molecular complexity index is 1040. The van der Waals surface area contributed by atoms with Crippen LogP contribution in [0.25, 0.3) is 22.2 Å². The Morgan fingerprint density at radius 1 is 1.10 bits per heavy atom. The summed E-state index contributed by atoms with van der Waals surface area (Å²) >= 11 is 0. The van der Waals surface area contributed by atoms with Crippen LogP contribution in [0.3, 0.4) is 0 Å². The lowest BCUT2D eigenvalue weighted by molar-refractivity contribution is -0.135. The molecule has 2 fully saturated rings. The van der Waals surface area contributed by atoms with Gasteiger partial charge in [0.2, 0.25) is 5.91 Å². The largest absolute Gasteiger partial charge is 0.360 e. The zero-order chi connectivity index (χ0) is 20.5. The van der Waals surface area contributed by atoms with Crippen LogP contribution < -0.4 is 5.73 Å². The summed E-state index contributed by atoms with van der Waals surface area (Å²) in [6.45, 7) is 0.800. The zero-order valence-electron chi connectivity index (χ0n) is 17.4. The number of pyridine rings is 1. The van der Waals surface area contributed by atoms with Gasteiger partial charge in [0.05, 0.1) is 17.8 Å². The van der Waals surface area contributed by atoms with Crippen LogP contribution in [-0.4, -0.2) is 33.4 Å². The number of carbonyl (C=O) groups excluding carboxylic acids is 1. The van der Waals surface area contributed by atoms with Crippen LogP contribution >= 0.6 is 0 Å². The molecule has 1 amide bonds. The molecule has 1 saturated carbocycles. The van der Waals surface area contributed by atoms with Crippen molar-refractivity contribution in [2.45, 2.75) is 57.0 Å². The van der Waals surface area contributed by atoms with Gasteiger partial charge in [0.15, 0.2) is 0 Å². The molecule has 5 rings (SSSR count). The zero-order valence-corrected chi connectivity index (χ0v) is 17.4. The number of aromatic amines is 1. The molecule has 1 saturated heterocycles. The molecule has 1 aromatic carbocycles. The smallest absolute Gasteiger partial charge is 0.240 e. The first-order valence-corrected chi connectivity index (χ1v) is 11.3. The number of amides is 1. The van der Waals surface area contributed by atoms with Crippen molar-refractivity contribution in [1.29, 1.82) is 0 Å². The Kier molecular flexibility index (Phi) is 5.30. The lowest BCUT2D eigenvalue weighted by atomic mass is 9.83. The third-order valence-corrected chi connectivity index (χ3v) is 7.01. The number of nitrogens with two attached hydrogens (primary N) is 1. The van der Waals surface area contributed by atoms with Gasteiger partial charge in [-0.2, -0.15) is 0 Å². The monoisotopic (exact) mass is 402 g/mol. The molecule has 2 aliphatic rings. The van der Waals surface area contributed by atoms with E-state index in [2.05, 4.69) is 34.2 Å². The third kappa shape index (κ3) is 3.52. The van der Waals surface area contributed by atoms with Crippen LogP contribution in [0.4, 0.5) is 0 Å². The Morgan fingerprint density at radius 3 is 2.80 bits per heavy atom. The second-order valence-corrected chi connectivity index (χ2v) is 8.84. The van der Waals surface area contributed by atoms with Crippen molar-refractivity contribution in [3.8, 4) is 11.3 Å². The highest BCUT2D eigenvalue weighted by Gasteiger charge is 2.36. The summed E-state index contributed by atoms with van der Waals surface area (Å²) < 4.78 is 0. The topological polar surface area (TPSA) is 75.0 Å². The van der Waals surface area contributed by atoms with E-state index in [1.54, 1.807) is 0 Å². The summed E-state index contributed by atoms with van der Waals surface area (Å²) in [4.78, 5) is 23.3. The van der Waals surface area contributed by atoms with Crippen molar-refractivity contribution in [2.24, 2.45) is 11.7 Å². The molecule has 5 nitrogen and oxygen atoms in total. The molecule has 30 heavy (non-hydrogen) atoms. The van der Waals surface area contributed by atoms with Gasteiger partial charge in [-0.3, -0.25) is 9.78 Å². The number of aromatic nitrogens is 2. The molecule has 0 bridgehead atoms. The number of benzene rings is 1. The van der Waals surface area contributed by atoms with Crippen LogP contribution in [0.15, 0.2) is 48.8 Å². The maximum absolute atomic E-state index is 13.3. The molecule has 3 heterocycles. The molecule has 1 aliphatic carbocycles. The number of nitrogens with zero attached hydrogens (tertiary/aromatic N) is 2. The number of likely N-dealkylation sites (tertiary alicyclic amines) is 1. The van der Waals surface area contributed by atoms with Crippen molar-refractivity contribution >= 4 is 16.8 Å². The molecule has 5 heteroatoms. The Balaban J connectivity index is 1.41. The van der Waals surface area contributed by atoms with Gasteiger partial charge in [0, 0.05) is 35.4 Å². The van der Waals surface area contributed by atoms with Crippen molar-refractivity contribution in [2.75, 3.05) is 6.54 Å². The van der Waals surface area contributed by atoms with E-state index in [0.29, 0.717) is 5.92 Å². The molecule has 3 N–H and O–H groups in total. The minimum absolute atomic E-state index is 0.0964. The summed E-state index contributed by atoms with van der Waals surface area (Å²) in [5.41, 5.74) is 10.8. The predicted octanol–water partition coefficient (Wildman–Crippen LogP) is 4.80. The van der Waals surface area contributed by atoms with Gasteiger partial charge in [-0.25, -0.2) is 0 Å². The number of hydrogen-bond donors (Lipinski definition) is 2. The molecule has 2 aromatic heterocycles. The first kappa shape index (κ1) is 19.3. The van der Waals surface area contributed by atoms with Crippen molar-refractivity contribution in [3.05, 3.63) is 54.4 Å². The highest BCUT2D eigenvalue weighted by Crippen LogP contribution is 2.36. The summed E-state index contributed by atoms with van der Waals surface area (Å²) in [7, 11) is 0. The number of fused-ring (bicyclic) bond motifs is 1. The first-order chi connectivity index (χ1) is 14.7. The average molecular weight is 403 g/mol. The number of hydrogen-bond acceptors (Lipinski definition) is 3. The van der Waals surface area contributed by atoms with Gasteiger partial charge in [-0.15, -0.1) is 0 Å². The van der Waals surface area contributed by atoms with Crippen LogP contribution in [0.2, 0.25) is 0 Å². The summed E-state index contributed by atoms with van der Waals surface area (Å²) in [5.74, 6) is 0.474. The Morgan fingerprint density at radius 2 is 1.93 bits per heavy atom. The van der Waals surface area contributed by atoms with Gasteiger partial charge in [0.1, 0.15) is 0 Å². The molecule has 0 spiro atoms. The number of para-hydroxylation sites is 1. The van der Waals surface area contributed by atoms with Gasteiger partial charge in [-0.1, -0.05) is 37.5 Å².